The monoisotopic (exact) mass is 1560 g/mol. The summed E-state index contributed by atoms with van der Waals surface area (Å²) in [7, 11) is 12.6. The molecule has 0 aromatic carbocycles. The van der Waals surface area contributed by atoms with Gasteiger partial charge in [-0.2, -0.15) is 0 Å². The van der Waals surface area contributed by atoms with Gasteiger partial charge in [-0.1, -0.05) is 0 Å². The van der Waals surface area contributed by atoms with Gasteiger partial charge in [0, 0.05) is 39.6 Å². The summed E-state index contributed by atoms with van der Waals surface area (Å²) < 4.78 is 27.9. The van der Waals surface area contributed by atoms with Crippen molar-refractivity contribution in [2.45, 2.75) is 25.0 Å². The number of rotatable bonds is 20. The van der Waals surface area contributed by atoms with Crippen molar-refractivity contribution in [2.75, 3.05) is 79.3 Å². The van der Waals surface area contributed by atoms with E-state index in [1.54, 1.807) is 0 Å². The number of aliphatic hydroxyl groups excluding tert-OH is 6. The molecule has 0 aromatic rings. The Morgan fingerprint density at radius 2 is 0.865 bits per heavy atom. The van der Waals surface area contributed by atoms with E-state index in [0.717, 1.165) is 0 Å². The van der Waals surface area contributed by atoms with Gasteiger partial charge in [-0.05, 0) is 12.8 Å². The van der Waals surface area contributed by atoms with Gasteiger partial charge in [0.2, 0.25) is 0 Å². The van der Waals surface area contributed by atoms with Gasteiger partial charge in [0.15, 0.2) is 0 Å². The molecule has 0 aliphatic rings. The zero-order chi connectivity index (χ0) is 25.8. The molecule has 0 radical (unpaired) electrons. The van der Waals surface area contributed by atoms with E-state index in [-0.39, 0.29) is 52.9 Å². The van der Waals surface area contributed by atoms with Gasteiger partial charge in [0.25, 0.3) is 0 Å². The predicted octanol–water partition coefficient (Wildman–Crippen LogP) is -1.32. The Bertz CT molecular complexity index is 335. The Morgan fingerprint density at radius 1 is 0.541 bits per heavy atom. The second kappa shape index (κ2) is 38.8. The molecule has 12 nitrogen and oxygen atoms in total. The Kier molecular flexibility index (Phi) is 52.0. The van der Waals surface area contributed by atoms with E-state index in [1.807, 2.05) is 0 Å². The van der Waals surface area contributed by atoms with Crippen LogP contribution in [0.3, 0.4) is 0 Å². The first-order valence-electron chi connectivity index (χ1n) is 10.3. The molecule has 0 aliphatic carbocycles. The SMILES string of the molecule is [CH2-]OCC(CO)(CO)CO[CH2-].[CH2-]OCC(O)CCOCCO.[CH2-]OCC(O)CCOCCO.[Rf].[Rf].[Rf].[Rf]. The van der Waals surface area contributed by atoms with Crippen LogP contribution in [0.25, 0.3) is 0 Å². The van der Waals surface area contributed by atoms with Crippen LogP contribution in [0.5, 0.6) is 0 Å². The first-order chi connectivity index (χ1) is 15.9. The summed E-state index contributed by atoms with van der Waals surface area (Å²) in [6.07, 6.45) is -0.0252. The molecule has 212 valence electrons. The van der Waals surface area contributed by atoms with Gasteiger partial charge in [0.1, 0.15) is 0 Å². The quantitative estimate of drug-likeness (QED) is 0.0629. The molecular formula is C21H44O12Rf4-4. The first-order valence-corrected chi connectivity index (χ1v) is 10.3. The van der Waals surface area contributed by atoms with Crippen molar-refractivity contribution >= 4 is 0 Å². The Labute approximate surface area is 197 Å². The molecule has 16 heteroatoms. The van der Waals surface area contributed by atoms with Crippen LogP contribution in [-0.2, 0) is 28.4 Å². The van der Waals surface area contributed by atoms with Gasteiger partial charge in [-0.3, -0.25) is 0 Å². The second-order valence-electron chi connectivity index (χ2n) is 6.81. The molecule has 0 spiro atoms. The Balaban J connectivity index is -0.0000000692. The van der Waals surface area contributed by atoms with E-state index < -0.39 is 17.6 Å². The van der Waals surface area contributed by atoms with Crippen LogP contribution in [0.1, 0.15) is 12.8 Å². The van der Waals surface area contributed by atoms with Crippen LogP contribution in [0, 0.1) is 33.9 Å². The van der Waals surface area contributed by atoms with E-state index in [9.17, 15) is 0 Å². The normalized spacial score (nSPS) is 11.5. The Morgan fingerprint density at radius 3 is 1.08 bits per heavy atom. The number of ether oxygens (including phenoxy) is 6. The third-order valence-corrected chi connectivity index (χ3v) is 3.77. The van der Waals surface area contributed by atoms with Crippen molar-refractivity contribution in [3.05, 3.63) is 28.4 Å². The first kappa shape index (κ1) is 49.6. The summed E-state index contributed by atoms with van der Waals surface area (Å²) >= 11 is 0. The maximum absolute atomic E-state index is 9.04. The van der Waals surface area contributed by atoms with E-state index in [0.29, 0.717) is 39.3 Å². The van der Waals surface area contributed by atoms with Crippen LogP contribution < -0.4 is 0 Å². The largest absolute Gasteiger partial charge is 0.554 e. The molecule has 2 atom stereocenters. The molecule has 0 aromatic heterocycles. The van der Waals surface area contributed by atoms with E-state index in [2.05, 4.69) is 47.4 Å². The fourth-order valence-electron chi connectivity index (χ4n) is 1.92. The standard InChI is InChI=1S/C7H14O4.2C7H15O4.4Rf/c1-10-5-7(3-8,4-9)6-11-2;2*1-10-6-7(9)2-4-11-5-3-8;;;;/h8-9H,1-6H2;2*7-9H,1-6H2;;;;/q-2;2*-1;;;;. The minimum atomic E-state index is -0.774. The van der Waals surface area contributed by atoms with Crippen molar-refractivity contribution < 1.29 is 59.1 Å². The van der Waals surface area contributed by atoms with Crippen LogP contribution in [-0.4, -0.2) is 122 Å². The topological polar surface area (TPSA) is 177 Å². The molecule has 0 rings (SSSR count). The summed E-state index contributed by atoms with van der Waals surface area (Å²) in [5.41, 5.74) is -0.774. The van der Waals surface area contributed by atoms with Gasteiger partial charge >= 0.3 is 0 Å². The third-order valence-electron chi connectivity index (χ3n) is 3.77. The maximum atomic E-state index is 9.04. The molecule has 0 saturated heterocycles. The van der Waals surface area contributed by atoms with Crippen LogP contribution in [0.2, 0.25) is 0 Å². The third kappa shape index (κ3) is 36.3. The van der Waals surface area contributed by atoms with Crippen molar-refractivity contribution in [1.82, 2.24) is 0 Å². The maximum Gasteiger partial charge on any atom is 0.0765 e. The van der Waals surface area contributed by atoms with Crippen molar-refractivity contribution in [1.29, 1.82) is 0 Å². The molecule has 0 bridgehead atoms. The van der Waals surface area contributed by atoms with E-state index in [4.69, 9.17) is 40.1 Å². The van der Waals surface area contributed by atoms with Gasteiger partial charge in [-0.15, -0.1) is 0 Å². The van der Waals surface area contributed by atoms with Gasteiger partial charge in [-0.25, -0.2) is 28.4 Å². The van der Waals surface area contributed by atoms with Crippen molar-refractivity contribution in [3.63, 3.8) is 0 Å². The van der Waals surface area contributed by atoms with Gasteiger partial charge in [0.05, 0.1) is 57.3 Å². The summed E-state index contributed by atoms with van der Waals surface area (Å²) in [6, 6.07) is 0. The fourth-order valence-corrected chi connectivity index (χ4v) is 1.92. The van der Waals surface area contributed by atoms with Crippen LogP contribution in [0.4, 0.5) is 0 Å². The minimum Gasteiger partial charge on any atom is -0.554 e. The summed E-state index contributed by atoms with van der Waals surface area (Å²) in [4.78, 5) is 0. The van der Waals surface area contributed by atoms with Crippen molar-refractivity contribution in [3.8, 4) is 0 Å². The molecule has 0 heterocycles. The zero-order valence-corrected chi connectivity index (χ0v) is 47.9. The second-order valence-corrected chi connectivity index (χ2v) is 6.81. The van der Waals surface area contributed by atoms with Crippen molar-refractivity contribution in [2.24, 2.45) is 5.41 Å². The average molecular weight is 1560 g/mol. The van der Waals surface area contributed by atoms with Crippen LogP contribution >= 0.6 is 0 Å². The predicted molar refractivity (Wildman–Crippen MR) is 119 cm³/mol. The molecule has 0 amide bonds. The number of hydrogen-bond donors (Lipinski definition) is 6. The molecule has 2 unspecified atom stereocenters. The summed E-state index contributed by atoms with van der Waals surface area (Å²) in [6.45, 7) is 1.86. The summed E-state index contributed by atoms with van der Waals surface area (Å²) in [5.74, 6) is 0. The van der Waals surface area contributed by atoms with E-state index >= 15 is 0 Å². The molecular weight excluding hydrogens is 1510 g/mol. The van der Waals surface area contributed by atoms with Gasteiger partial charge < -0.3 is 59.1 Å². The zero-order valence-electron chi connectivity index (χ0n) is 22.3. The van der Waals surface area contributed by atoms with E-state index in [1.165, 1.54) is 0 Å². The van der Waals surface area contributed by atoms with Crippen LogP contribution in [0.15, 0.2) is 0 Å². The number of hydrogen-bond acceptors (Lipinski definition) is 12. The minimum absolute atomic E-state index is 0. The molecule has 0 fully saturated rings. The Hall–Kier alpha value is -4.48. The summed E-state index contributed by atoms with van der Waals surface area (Å²) in [5, 5.41) is 52.4. The fraction of sp³-hybridized carbons (Fsp3) is 0.810. The molecule has 0 aliphatic heterocycles. The average Bonchev–Trinajstić information content (AvgIpc) is 2.81. The molecule has 0 saturated carbocycles. The molecule has 37 heavy (non-hydrogen) atoms. The smallest absolute Gasteiger partial charge is 0.0765 e. The molecule has 6 N–H and O–H groups in total. The number of aliphatic hydroxyl groups is 6.